The zero-order valence-corrected chi connectivity index (χ0v) is 9.68. The molecule has 1 rings (SSSR count). The van der Waals surface area contributed by atoms with Gasteiger partial charge in [-0.2, -0.15) is 0 Å². The van der Waals surface area contributed by atoms with E-state index in [4.69, 9.17) is 0 Å². The molecule has 18 heavy (non-hydrogen) atoms. The number of ketones is 1. The number of carbonyl (C=O) groups is 1. The Kier molecular flexibility index (Phi) is 5.27. The molecule has 6 heteroatoms. The van der Waals surface area contributed by atoms with Crippen LogP contribution in [-0.4, -0.2) is 25.4 Å². The van der Waals surface area contributed by atoms with Crippen LogP contribution >= 0.6 is 0 Å². The third-order valence-electron chi connectivity index (χ3n) is 2.29. The minimum absolute atomic E-state index is 0.0954. The topological polar surface area (TPSA) is 26.3 Å². The molecule has 0 bridgehead atoms. The highest BCUT2D eigenvalue weighted by Gasteiger charge is 2.16. The zero-order chi connectivity index (χ0) is 13.7. The number of hydrogen-bond donors (Lipinski definition) is 0. The Labute approximate surface area is 102 Å². The predicted octanol–water partition coefficient (Wildman–Crippen LogP) is 3.13. The minimum atomic E-state index is -2.62. The largest absolute Gasteiger partial charge is 0.375 e. The lowest BCUT2D eigenvalue weighted by atomic mass is 10.1. The van der Waals surface area contributed by atoms with Crippen LogP contribution in [0, 0.1) is 18.6 Å². The normalized spacial score (nSPS) is 11.0. The molecule has 1 aromatic rings. The number of aryl methyl sites for hydroxylation is 1. The Morgan fingerprint density at radius 1 is 1.28 bits per heavy atom. The van der Waals surface area contributed by atoms with Crippen LogP contribution in [-0.2, 0) is 4.74 Å². The molecule has 0 N–H and O–H groups in total. The molecule has 0 aromatic heterocycles. The van der Waals surface area contributed by atoms with Crippen LogP contribution < -0.4 is 0 Å². The van der Waals surface area contributed by atoms with Crippen LogP contribution in [0.4, 0.5) is 17.6 Å². The molecule has 0 spiro atoms. The summed E-state index contributed by atoms with van der Waals surface area (Å²) in [6.45, 7) is 0.342. The van der Waals surface area contributed by atoms with Crippen molar-refractivity contribution in [1.82, 2.24) is 0 Å². The summed E-state index contributed by atoms with van der Waals surface area (Å²) in [6.07, 6.45) is -2.89. The summed E-state index contributed by atoms with van der Waals surface area (Å²) in [6, 6.07) is 2.45. The van der Waals surface area contributed by atoms with Crippen molar-refractivity contribution in [2.24, 2.45) is 0 Å². The van der Waals surface area contributed by atoms with Crippen molar-refractivity contribution in [2.45, 2.75) is 19.8 Å². The van der Waals surface area contributed by atoms with Crippen molar-refractivity contribution in [1.29, 1.82) is 0 Å². The molecule has 0 heterocycles. The molecule has 2 nitrogen and oxygen atoms in total. The first-order chi connectivity index (χ1) is 8.43. The Balaban J connectivity index is 2.60. The van der Waals surface area contributed by atoms with Crippen LogP contribution in [0.1, 0.15) is 22.3 Å². The number of alkyl halides is 2. The van der Waals surface area contributed by atoms with E-state index in [9.17, 15) is 22.4 Å². The first-order valence-corrected chi connectivity index (χ1v) is 5.27. The van der Waals surface area contributed by atoms with E-state index in [0.717, 1.165) is 0 Å². The lowest BCUT2D eigenvalue weighted by Crippen LogP contribution is -2.11. The van der Waals surface area contributed by atoms with E-state index in [1.165, 1.54) is 19.1 Å². The van der Waals surface area contributed by atoms with E-state index in [2.05, 4.69) is 4.74 Å². The quantitative estimate of drug-likeness (QED) is 0.448. The van der Waals surface area contributed by atoms with Gasteiger partial charge in [0.05, 0.1) is 12.2 Å². The molecule has 1 aromatic carbocycles. The predicted molar refractivity (Wildman–Crippen MR) is 56.9 cm³/mol. The van der Waals surface area contributed by atoms with Gasteiger partial charge in [0.1, 0.15) is 6.61 Å². The van der Waals surface area contributed by atoms with Gasteiger partial charge < -0.3 is 4.74 Å². The van der Waals surface area contributed by atoms with Gasteiger partial charge in [-0.3, -0.25) is 4.79 Å². The summed E-state index contributed by atoms with van der Waals surface area (Å²) < 4.78 is 54.5. The van der Waals surface area contributed by atoms with E-state index in [1.807, 2.05) is 0 Å². The van der Waals surface area contributed by atoms with Gasteiger partial charge in [0, 0.05) is 6.42 Å². The summed E-state index contributed by atoms with van der Waals surface area (Å²) in [5.41, 5.74) is -0.295. The van der Waals surface area contributed by atoms with Crippen LogP contribution in [0.15, 0.2) is 12.1 Å². The number of Topliss-reactive ketones (excluding diaryl/α,β-unsaturated/α-hetero) is 1. The molecule has 100 valence electrons. The Morgan fingerprint density at radius 2 is 1.94 bits per heavy atom. The Bertz CT molecular complexity index is 432. The fraction of sp³-hybridized carbons (Fsp3) is 0.417. The van der Waals surface area contributed by atoms with Crippen LogP contribution in [0.2, 0.25) is 0 Å². The van der Waals surface area contributed by atoms with E-state index < -0.39 is 36.0 Å². The molecular formula is C12H12F4O2. The fourth-order valence-electron chi connectivity index (χ4n) is 1.33. The highest BCUT2D eigenvalue weighted by atomic mass is 19.3. The van der Waals surface area contributed by atoms with Crippen molar-refractivity contribution in [3.63, 3.8) is 0 Å². The third kappa shape index (κ3) is 3.80. The van der Waals surface area contributed by atoms with Gasteiger partial charge in [0.2, 0.25) is 0 Å². The smallest absolute Gasteiger partial charge is 0.261 e. The van der Waals surface area contributed by atoms with E-state index in [-0.39, 0.29) is 18.6 Å². The molecule has 0 radical (unpaired) electrons. The number of rotatable bonds is 6. The van der Waals surface area contributed by atoms with Crippen molar-refractivity contribution in [3.8, 4) is 0 Å². The number of halogens is 4. The monoisotopic (exact) mass is 264 g/mol. The zero-order valence-electron chi connectivity index (χ0n) is 9.68. The van der Waals surface area contributed by atoms with Crippen molar-refractivity contribution >= 4 is 5.78 Å². The van der Waals surface area contributed by atoms with Gasteiger partial charge in [-0.15, -0.1) is 0 Å². The van der Waals surface area contributed by atoms with Crippen molar-refractivity contribution in [2.75, 3.05) is 13.2 Å². The summed E-state index contributed by atoms with van der Waals surface area (Å²) in [5.74, 6) is -2.97. The second-order valence-corrected chi connectivity index (χ2v) is 3.70. The highest BCUT2D eigenvalue weighted by molar-refractivity contribution is 5.96. The summed E-state index contributed by atoms with van der Waals surface area (Å²) in [7, 11) is 0. The van der Waals surface area contributed by atoms with Gasteiger partial charge >= 0.3 is 0 Å². The Morgan fingerprint density at radius 3 is 2.56 bits per heavy atom. The SMILES string of the molecule is Cc1ccc(C(=O)CCOCC(F)F)c(F)c1F. The standard InChI is InChI=1S/C12H12F4O2/c1-7-2-3-8(12(16)11(7)15)9(17)4-5-18-6-10(13)14/h2-3,10H,4-6H2,1H3. The molecule has 0 atom stereocenters. The number of benzene rings is 1. The first-order valence-electron chi connectivity index (χ1n) is 5.27. The summed E-state index contributed by atoms with van der Waals surface area (Å²) >= 11 is 0. The maximum absolute atomic E-state index is 13.4. The Hall–Kier alpha value is -1.43. The number of hydrogen-bond acceptors (Lipinski definition) is 2. The molecule has 0 aliphatic rings. The van der Waals surface area contributed by atoms with E-state index >= 15 is 0 Å². The lowest BCUT2D eigenvalue weighted by molar-refractivity contribution is 0.0169. The van der Waals surface area contributed by atoms with Gasteiger partial charge in [0.15, 0.2) is 17.4 Å². The summed E-state index contributed by atoms with van der Waals surface area (Å²) in [5, 5.41) is 0. The van der Waals surface area contributed by atoms with Gasteiger partial charge in [-0.05, 0) is 18.6 Å². The number of ether oxygens (including phenoxy) is 1. The van der Waals surface area contributed by atoms with E-state index in [0.29, 0.717) is 0 Å². The van der Waals surface area contributed by atoms with Crippen molar-refractivity contribution < 1.29 is 27.1 Å². The summed E-state index contributed by atoms with van der Waals surface area (Å²) in [4.78, 5) is 11.5. The molecule has 0 saturated heterocycles. The molecule has 0 amide bonds. The van der Waals surface area contributed by atoms with E-state index in [1.54, 1.807) is 0 Å². The maximum atomic E-state index is 13.4. The highest BCUT2D eigenvalue weighted by Crippen LogP contribution is 2.17. The maximum Gasteiger partial charge on any atom is 0.261 e. The second-order valence-electron chi connectivity index (χ2n) is 3.70. The molecule has 0 unspecified atom stereocenters. The molecular weight excluding hydrogens is 252 g/mol. The van der Waals surface area contributed by atoms with Gasteiger partial charge in [-0.1, -0.05) is 6.07 Å². The molecule has 0 aliphatic carbocycles. The van der Waals surface area contributed by atoms with Gasteiger partial charge in [-0.25, -0.2) is 17.6 Å². The average Bonchev–Trinajstić information content (AvgIpc) is 2.31. The average molecular weight is 264 g/mol. The third-order valence-corrected chi connectivity index (χ3v) is 2.29. The first kappa shape index (κ1) is 14.6. The molecule has 0 saturated carbocycles. The van der Waals surface area contributed by atoms with Crippen LogP contribution in [0.25, 0.3) is 0 Å². The fourth-order valence-corrected chi connectivity index (χ4v) is 1.33. The van der Waals surface area contributed by atoms with Crippen LogP contribution in [0.3, 0.4) is 0 Å². The number of carbonyl (C=O) groups excluding carboxylic acids is 1. The minimum Gasteiger partial charge on any atom is -0.375 e. The second kappa shape index (κ2) is 6.49. The van der Waals surface area contributed by atoms with Crippen LogP contribution in [0.5, 0.6) is 0 Å². The lowest BCUT2D eigenvalue weighted by Gasteiger charge is -2.06. The molecule has 0 aliphatic heterocycles. The van der Waals surface area contributed by atoms with Gasteiger partial charge in [0.25, 0.3) is 6.43 Å². The molecule has 0 fully saturated rings. The van der Waals surface area contributed by atoms with Crippen molar-refractivity contribution in [3.05, 3.63) is 34.9 Å².